The number of benzene rings is 1. The van der Waals surface area contributed by atoms with E-state index in [1.807, 2.05) is 12.1 Å². The third-order valence-electron chi connectivity index (χ3n) is 1.99. The molecule has 0 bridgehead atoms. The Bertz CT molecular complexity index is 406. The summed E-state index contributed by atoms with van der Waals surface area (Å²) in [5.74, 6) is 0.658. The van der Waals surface area contributed by atoms with Gasteiger partial charge in [-0.2, -0.15) is 4.37 Å². The molecule has 1 heterocycles. The van der Waals surface area contributed by atoms with Crippen molar-refractivity contribution in [1.29, 1.82) is 0 Å². The lowest BCUT2D eigenvalue weighted by Crippen LogP contribution is -1.84. The highest BCUT2D eigenvalue weighted by atomic mass is 32.1. The maximum absolute atomic E-state index is 5.70. The minimum Gasteiger partial charge on any atom is -0.382 e. The fourth-order valence-corrected chi connectivity index (χ4v) is 2.21. The largest absolute Gasteiger partial charge is 0.382 e. The lowest BCUT2D eigenvalue weighted by atomic mass is 10.1. The Morgan fingerprint density at radius 1 is 1.50 bits per heavy atom. The van der Waals surface area contributed by atoms with Crippen molar-refractivity contribution in [3.63, 3.8) is 0 Å². The van der Waals surface area contributed by atoms with Crippen molar-refractivity contribution in [3.05, 3.63) is 23.8 Å². The summed E-state index contributed by atoms with van der Waals surface area (Å²) in [7, 11) is 0. The number of anilines is 1. The zero-order chi connectivity index (χ0) is 8.55. The summed E-state index contributed by atoms with van der Waals surface area (Å²) in [6, 6.07) is 6.18. The number of rotatable bonds is 1. The molecule has 2 aromatic rings. The summed E-state index contributed by atoms with van der Waals surface area (Å²) in [5, 5.41) is 1.10. The van der Waals surface area contributed by atoms with Gasteiger partial charge in [-0.3, -0.25) is 0 Å². The van der Waals surface area contributed by atoms with E-state index in [1.54, 1.807) is 0 Å². The first-order valence-electron chi connectivity index (χ1n) is 3.95. The molecule has 0 spiro atoms. The molecule has 2 N–H and O–H groups in total. The van der Waals surface area contributed by atoms with Crippen LogP contribution < -0.4 is 5.73 Å². The van der Waals surface area contributed by atoms with Gasteiger partial charge >= 0.3 is 0 Å². The van der Waals surface area contributed by atoms with E-state index in [2.05, 4.69) is 17.4 Å². The van der Waals surface area contributed by atoms with Crippen LogP contribution in [0.3, 0.4) is 0 Å². The minimum atomic E-state index is 0.658. The molecular weight excluding hydrogens is 168 g/mol. The van der Waals surface area contributed by atoms with E-state index in [4.69, 9.17) is 5.73 Å². The molecule has 1 aromatic carbocycles. The average Bonchev–Trinajstić information content (AvgIpc) is 2.48. The van der Waals surface area contributed by atoms with Gasteiger partial charge in [-0.1, -0.05) is 19.1 Å². The van der Waals surface area contributed by atoms with E-state index in [0.717, 1.165) is 11.8 Å². The third kappa shape index (κ3) is 0.975. The minimum absolute atomic E-state index is 0.658. The van der Waals surface area contributed by atoms with Crippen LogP contribution in [0.1, 0.15) is 12.5 Å². The van der Waals surface area contributed by atoms with Gasteiger partial charge < -0.3 is 5.73 Å². The van der Waals surface area contributed by atoms with E-state index < -0.39 is 0 Å². The van der Waals surface area contributed by atoms with Gasteiger partial charge in [0.1, 0.15) is 5.82 Å². The third-order valence-corrected chi connectivity index (χ3v) is 2.94. The van der Waals surface area contributed by atoms with E-state index in [9.17, 15) is 0 Å². The van der Waals surface area contributed by atoms with Crippen LogP contribution >= 0.6 is 11.5 Å². The van der Waals surface area contributed by atoms with Crippen molar-refractivity contribution >= 4 is 27.4 Å². The first-order valence-corrected chi connectivity index (χ1v) is 4.73. The van der Waals surface area contributed by atoms with Gasteiger partial charge in [-0.25, -0.2) is 0 Å². The quantitative estimate of drug-likeness (QED) is 0.728. The van der Waals surface area contributed by atoms with E-state index in [-0.39, 0.29) is 0 Å². The summed E-state index contributed by atoms with van der Waals surface area (Å²) in [5.41, 5.74) is 7.03. The molecule has 0 unspecified atom stereocenters. The zero-order valence-electron chi connectivity index (χ0n) is 6.87. The predicted molar refractivity (Wildman–Crippen MR) is 53.4 cm³/mol. The Morgan fingerprint density at radius 3 is 3.08 bits per heavy atom. The van der Waals surface area contributed by atoms with Crippen molar-refractivity contribution in [2.75, 3.05) is 5.73 Å². The first kappa shape index (κ1) is 7.55. The molecule has 0 aliphatic heterocycles. The van der Waals surface area contributed by atoms with Gasteiger partial charge in [0, 0.05) is 5.39 Å². The summed E-state index contributed by atoms with van der Waals surface area (Å²) >= 11 is 1.49. The highest BCUT2D eigenvalue weighted by Gasteiger charge is 2.04. The van der Waals surface area contributed by atoms with E-state index in [1.165, 1.54) is 21.8 Å². The molecule has 62 valence electrons. The zero-order valence-corrected chi connectivity index (χ0v) is 7.69. The van der Waals surface area contributed by atoms with Gasteiger partial charge in [0.25, 0.3) is 0 Å². The van der Waals surface area contributed by atoms with Gasteiger partial charge in [0.2, 0.25) is 0 Å². The lowest BCUT2D eigenvalue weighted by Gasteiger charge is -1.96. The summed E-state index contributed by atoms with van der Waals surface area (Å²) in [4.78, 5) is 0. The first-order chi connectivity index (χ1) is 5.83. The van der Waals surface area contributed by atoms with Crippen molar-refractivity contribution < 1.29 is 0 Å². The second kappa shape index (κ2) is 2.75. The van der Waals surface area contributed by atoms with Crippen LogP contribution in [0.5, 0.6) is 0 Å². The fraction of sp³-hybridized carbons (Fsp3) is 0.222. The van der Waals surface area contributed by atoms with Crippen LogP contribution in [-0.2, 0) is 6.42 Å². The summed E-state index contributed by atoms with van der Waals surface area (Å²) in [6.45, 7) is 2.14. The topological polar surface area (TPSA) is 38.9 Å². The van der Waals surface area contributed by atoms with Crippen molar-refractivity contribution in [3.8, 4) is 0 Å². The number of aryl methyl sites for hydroxylation is 1. The van der Waals surface area contributed by atoms with Crippen LogP contribution in [-0.4, -0.2) is 4.37 Å². The van der Waals surface area contributed by atoms with Crippen LogP contribution in [0.4, 0.5) is 5.82 Å². The SMILES string of the molecule is CCc1cccc2c(N)nsc12. The predicted octanol–water partition coefficient (Wildman–Crippen LogP) is 2.44. The number of aromatic nitrogens is 1. The maximum Gasteiger partial charge on any atom is 0.144 e. The standard InChI is InChI=1S/C9H10N2S/c1-2-6-4-3-5-7-8(6)12-11-9(7)10/h3-5H,2H2,1H3,(H2,10,11). The second-order valence-corrected chi connectivity index (χ2v) is 3.49. The summed E-state index contributed by atoms with van der Waals surface area (Å²) < 4.78 is 5.36. The number of nitrogens with two attached hydrogens (primary N) is 1. The number of fused-ring (bicyclic) bond motifs is 1. The molecule has 0 aliphatic carbocycles. The Labute approximate surface area is 75.2 Å². The van der Waals surface area contributed by atoms with Crippen LogP contribution in [0.2, 0.25) is 0 Å². The molecule has 0 saturated carbocycles. The van der Waals surface area contributed by atoms with E-state index >= 15 is 0 Å². The second-order valence-electron chi connectivity index (χ2n) is 2.72. The maximum atomic E-state index is 5.70. The Morgan fingerprint density at radius 2 is 2.33 bits per heavy atom. The number of hydrogen-bond donors (Lipinski definition) is 1. The Kier molecular flexibility index (Phi) is 1.73. The average molecular weight is 178 g/mol. The monoisotopic (exact) mass is 178 g/mol. The molecule has 0 aliphatic rings. The molecule has 3 heteroatoms. The molecule has 0 saturated heterocycles. The van der Waals surface area contributed by atoms with Gasteiger partial charge in [-0.05, 0) is 29.6 Å². The van der Waals surface area contributed by atoms with Crippen LogP contribution in [0.15, 0.2) is 18.2 Å². The van der Waals surface area contributed by atoms with Crippen LogP contribution in [0.25, 0.3) is 10.1 Å². The molecule has 2 rings (SSSR count). The lowest BCUT2D eigenvalue weighted by molar-refractivity contribution is 1.16. The molecule has 0 atom stereocenters. The fourth-order valence-electron chi connectivity index (χ4n) is 1.32. The number of hydrogen-bond acceptors (Lipinski definition) is 3. The van der Waals surface area contributed by atoms with Crippen molar-refractivity contribution in [1.82, 2.24) is 4.37 Å². The highest BCUT2D eigenvalue weighted by molar-refractivity contribution is 7.14. The van der Waals surface area contributed by atoms with Crippen molar-refractivity contribution in [2.24, 2.45) is 0 Å². The smallest absolute Gasteiger partial charge is 0.144 e. The van der Waals surface area contributed by atoms with Gasteiger partial charge in [0.05, 0.1) is 4.70 Å². The molecule has 0 radical (unpaired) electrons. The van der Waals surface area contributed by atoms with E-state index in [0.29, 0.717) is 5.82 Å². The molecule has 0 fully saturated rings. The Hall–Kier alpha value is -1.09. The molecule has 1 aromatic heterocycles. The Balaban J connectivity index is 2.81. The van der Waals surface area contributed by atoms with Crippen molar-refractivity contribution in [2.45, 2.75) is 13.3 Å². The number of nitrogen functional groups attached to an aromatic ring is 1. The molecule has 0 amide bonds. The summed E-state index contributed by atoms with van der Waals surface area (Å²) in [6.07, 6.45) is 1.04. The van der Waals surface area contributed by atoms with Crippen LogP contribution in [0, 0.1) is 0 Å². The highest BCUT2D eigenvalue weighted by Crippen LogP contribution is 2.27. The van der Waals surface area contributed by atoms with Gasteiger partial charge in [0.15, 0.2) is 0 Å². The number of nitrogens with zero attached hydrogens (tertiary/aromatic N) is 1. The molecular formula is C9H10N2S. The molecule has 2 nitrogen and oxygen atoms in total. The normalized spacial score (nSPS) is 10.8. The molecule has 12 heavy (non-hydrogen) atoms. The van der Waals surface area contributed by atoms with Gasteiger partial charge in [-0.15, -0.1) is 0 Å².